The summed E-state index contributed by atoms with van der Waals surface area (Å²) >= 11 is 1.58. The number of amides is 1. The van der Waals surface area contributed by atoms with E-state index in [0.29, 0.717) is 12.2 Å². The monoisotopic (exact) mass is 299 g/mol. The maximum absolute atomic E-state index is 11.8. The molecule has 0 bridgehead atoms. The Balaban J connectivity index is 2.86. The van der Waals surface area contributed by atoms with Gasteiger partial charge in [0.1, 0.15) is 11.4 Å². The number of hydrogen-bond donors (Lipinski definition) is 2. The molecule has 1 amide bonds. The Morgan fingerprint density at radius 3 is 2.85 bits per heavy atom. The van der Waals surface area contributed by atoms with Crippen LogP contribution in [0, 0.1) is 10.1 Å². The summed E-state index contributed by atoms with van der Waals surface area (Å²) in [6.45, 7) is 0. The average molecular weight is 299 g/mol. The summed E-state index contributed by atoms with van der Waals surface area (Å²) in [5.74, 6) is 0.660. The van der Waals surface area contributed by atoms with E-state index in [-0.39, 0.29) is 11.4 Å². The van der Waals surface area contributed by atoms with E-state index in [4.69, 9.17) is 10.5 Å². The van der Waals surface area contributed by atoms with Crippen LogP contribution in [0.15, 0.2) is 18.2 Å². The smallest absolute Gasteiger partial charge is 0.296 e. The fourth-order valence-electron chi connectivity index (χ4n) is 1.50. The van der Waals surface area contributed by atoms with E-state index in [0.717, 1.165) is 5.75 Å². The molecule has 7 nitrogen and oxygen atoms in total. The van der Waals surface area contributed by atoms with Gasteiger partial charge < -0.3 is 15.8 Å². The highest BCUT2D eigenvalue weighted by Gasteiger charge is 2.20. The number of nitrogens with two attached hydrogens (primary N) is 1. The number of methoxy groups -OCH3 is 1. The predicted molar refractivity (Wildman–Crippen MR) is 79.3 cm³/mol. The lowest BCUT2D eigenvalue weighted by molar-refractivity contribution is -0.384. The average Bonchev–Trinajstić information content (AvgIpc) is 2.44. The van der Waals surface area contributed by atoms with E-state index in [1.807, 2.05) is 6.26 Å². The standard InChI is InChI=1S/C12H17N3O4S/c1-19-8-3-4-10(11(7-8)15(17)18)14-12(16)9(13)5-6-20-2/h3-4,7,9H,5-6,13H2,1-2H3,(H,14,16)/t9-/m1/s1. The van der Waals surface area contributed by atoms with Gasteiger partial charge in [0, 0.05) is 0 Å². The first-order chi connectivity index (χ1) is 9.49. The topological polar surface area (TPSA) is 107 Å². The second-order valence-corrected chi connectivity index (χ2v) is 5.00. The SMILES string of the molecule is COc1ccc(NC(=O)[C@H](N)CCSC)c([N+](=O)[O-])c1. The summed E-state index contributed by atoms with van der Waals surface area (Å²) < 4.78 is 4.92. The van der Waals surface area contributed by atoms with E-state index >= 15 is 0 Å². The molecule has 110 valence electrons. The molecule has 0 aromatic heterocycles. The van der Waals surface area contributed by atoms with Gasteiger partial charge in [-0.2, -0.15) is 11.8 Å². The number of hydrogen-bond acceptors (Lipinski definition) is 6. The highest BCUT2D eigenvalue weighted by Crippen LogP contribution is 2.29. The summed E-state index contributed by atoms with van der Waals surface area (Å²) in [5, 5.41) is 13.5. The minimum Gasteiger partial charge on any atom is -0.496 e. The first-order valence-electron chi connectivity index (χ1n) is 5.87. The zero-order chi connectivity index (χ0) is 15.1. The third-order valence-corrected chi connectivity index (χ3v) is 3.27. The molecule has 1 aromatic rings. The fraction of sp³-hybridized carbons (Fsp3) is 0.417. The van der Waals surface area contributed by atoms with E-state index in [2.05, 4.69) is 5.32 Å². The molecule has 8 heteroatoms. The molecule has 0 radical (unpaired) electrons. The molecule has 1 atom stereocenters. The first-order valence-corrected chi connectivity index (χ1v) is 7.26. The number of carbonyl (C=O) groups is 1. The van der Waals surface area contributed by atoms with Gasteiger partial charge in [0.25, 0.3) is 5.69 Å². The lowest BCUT2D eigenvalue weighted by atomic mass is 10.2. The molecule has 0 spiro atoms. The van der Waals surface area contributed by atoms with Crippen molar-refractivity contribution < 1.29 is 14.5 Å². The van der Waals surface area contributed by atoms with E-state index in [9.17, 15) is 14.9 Å². The number of nitro groups is 1. The Bertz CT molecular complexity index is 496. The number of nitrogens with one attached hydrogen (secondary N) is 1. The molecule has 0 saturated heterocycles. The number of carbonyl (C=O) groups excluding carboxylic acids is 1. The molecule has 0 aliphatic rings. The van der Waals surface area contributed by atoms with Gasteiger partial charge in [-0.15, -0.1) is 0 Å². The Labute approximate surface area is 121 Å². The summed E-state index contributed by atoms with van der Waals surface area (Å²) in [4.78, 5) is 22.2. The van der Waals surface area contributed by atoms with Gasteiger partial charge in [-0.1, -0.05) is 0 Å². The Hall–Kier alpha value is -1.80. The van der Waals surface area contributed by atoms with Crippen LogP contribution in [0.2, 0.25) is 0 Å². The quantitative estimate of drug-likeness (QED) is 0.585. The third-order valence-electron chi connectivity index (χ3n) is 2.63. The first kappa shape index (κ1) is 16.3. The van der Waals surface area contributed by atoms with Crippen LogP contribution in [0.25, 0.3) is 0 Å². The van der Waals surface area contributed by atoms with Crippen LogP contribution in [0.5, 0.6) is 5.75 Å². The number of ether oxygens (including phenoxy) is 1. The van der Waals surface area contributed by atoms with Crippen LogP contribution >= 0.6 is 11.8 Å². The number of rotatable bonds is 7. The van der Waals surface area contributed by atoms with Gasteiger partial charge >= 0.3 is 0 Å². The van der Waals surface area contributed by atoms with Crippen molar-refractivity contribution in [2.45, 2.75) is 12.5 Å². The largest absolute Gasteiger partial charge is 0.496 e. The minimum atomic E-state index is -0.691. The number of nitrogens with zero attached hydrogens (tertiary/aromatic N) is 1. The normalized spacial score (nSPS) is 11.8. The maximum Gasteiger partial charge on any atom is 0.296 e. The van der Waals surface area contributed by atoms with Crippen LogP contribution < -0.4 is 15.8 Å². The number of benzene rings is 1. The zero-order valence-electron chi connectivity index (χ0n) is 11.3. The van der Waals surface area contributed by atoms with Gasteiger partial charge in [-0.3, -0.25) is 14.9 Å². The molecule has 3 N–H and O–H groups in total. The maximum atomic E-state index is 11.8. The zero-order valence-corrected chi connectivity index (χ0v) is 12.1. The molecule has 20 heavy (non-hydrogen) atoms. The Morgan fingerprint density at radius 2 is 2.30 bits per heavy atom. The highest BCUT2D eigenvalue weighted by molar-refractivity contribution is 7.98. The summed E-state index contributed by atoms with van der Waals surface area (Å²) in [6, 6.07) is 3.53. The Morgan fingerprint density at radius 1 is 1.60 bits per heavy atom. The van der Waals surface area contributed by atoms with Crippen molar-refractivity contribution in [2.24, 2.45) is 5.73 Å². The summed E-state index contributed by atoms with van der Waals surface area (Å²) in [5.41, 5.74) is 5.60. The van der Waals surface area contributed by atoms with Gasteiger partial charge in [0.2, 0.25) is 5.91 Å². The Kier molecular flexibility index (Phi) is 6.26. The van der Waals surface area contributed by atoms with Crippen molar-refractivity contribution in [3.63, 3.8) is 0 Å². The second kappa shape index (κ2) is 7.71. The lowest BCUT2D eigenvalue weighted by Crippen LogP contribution is -2.36. The number of thioether (sulfide) groups is 1. The van der Waals surface area contributed by atoms with Crippen molar-refractivity contribution in [2.75, 3.05) is 24.4 Å². The van der Waals surface area contributed by atoms with Gasteiger partial charge in [0.15, 0.2) is 0 Å². The predicted octanol–water partition coefficient (Wildman–Crippen LogP) is 1.62. The molecule has 0 fully saturated rings. The molecular formula is C12H17N3O4S. The molecular weight excluding hydrogens is 282 g/mol. The van der Waals surface area contributed by atoms with Crippen LogP contribution in [-0.4, -0.2) is 36.0 Å². The van der Waals surface area contributed by atoms with Crippen molar-refractivity contribution in [1.29, 1.82) is 0 Å². The van der Waals surface area contributed by atoms with Crippen molar-refractivity contribution in [1.82, 2.24) is 0 Å². The molecule has 0 heterocycles. The molecule has 1 rings (SSSR count). The van der Waals surface area contributed by atoms with Crippen LogP contribution in [0.4, 0.5) is 11.4 Å². The van der Waals surface area contributed by atoms with E-state index in [1.54, 1.807) is 11.8 Å². The minimum absolute atomic E-state index is 0.111. The highest BCUT2D eigenvalue weighted by atomic mass is 32.2. The van der Waals surface area contributed by atoms with Crippen molar-refractivity contribution >= 4 is 29.0 Å². The lowest BCUT2D eigenvalue weighted by Gasteiger charge is -2.12. The van der Waals surface area contributed by atoms with Gasteiger partial charge in [-0.25, -0.2) is 0 Å². The molecule has 0 saturated carbocycles. The van der Waals surface area contributed by atoms with Gasteiger partial charge in [0.05, 0.1) is 24.1 Å². The fourth-order valence-corrected chi connectivity index (χ4v) is 1.99. The molecule has 0 unspecified atom stereocenters. The summed E-state index contributed by atoms with van der Waals surface area (Å²) in [6.07, 6.45) is 2.43. The van der Waals surface area contributed by atoms with Crippen LogP contribution in [0.3, 0.4) is 0 Å². The molecule has 0 aliphatic carbocycles. The number of anilines is 1. The van der Waals surface area contributed by atoms with E-state index < -0.39 is 16.9 Å². The molecule has 0 aliphatic heterocycles. The van der Waals surface area contributed by atoms with Crippen LogP contribution in [0.1, 0.15) is 6.42 Å². The van der Waals surface area contributed by atoms with Crippen LogP contribution in [-0.2, 0) is 4.79 Å². The van der Waals surface area contributed by atoms with Crippen molar-refractivity contribution in [3.05, 3.63) is 28.3 Å². The third kappa shape index (κ3) is 4.39. The number of nitro benzene ring substituents is 1. The molecule has 1 aromatic carbocycles. The van der Waals surface area contributed by atoms with Crippen molar-refractivity contribution in [3.8, 4) is 5.75 Å². The summed E-state index contributed by atoms with van der Waals surface area (Å²) in [7, 11) is 1.41. The second-order valence-electron chi connectivity index (χ2n) is 4.02. The van der Waals surface area contributed by atoms with E-state index in [1.165, 1.54) is 25.3 Å². The van der Waals surface area contributed by atoms with Gasteiger partial charge in [-0.05, 0) is 30.6 Å².